The van der Waals surface area contributed by atoms with Crippen LogP contribution in [-0.2, 0) is 19.5 Å². The normalized spacial score (nSPS) is 18.1. The van der Waals surface area contributed by atoms with Gasteiger partial charge < -0.3 is 9.47 Å². The molecule has 1 aliphatic heterocycles. The maximum Gasteiger partial charge on any atom is 0.241 e. The summed E-state index contributed by atoms with van der Waals surface area (Å²) >= 11 is 0. The molecule has 1 fully saturated rings. The van der Waals surface area contributed by atoms with Crippen LogP contribution in [0, 0.1) is 18.8 Å². The molecule has 0 radical (unpaired) electrons. The van der Waals surface area contributed by atoms with Crippen LogP contribution in [0.3, 0.4) is 0 Å². The molecule has 0 saturated carbocycles. The van der Waals surface area contributed by atoms with Gasteiger partial charge in [-0.2, -0.15) is 4.72 Å². The Bertz CT molecular complexity index is 909. The van der Waals surface area contributed by atoms with Crippen molar-refractivity contribution in [2.75, 3.05) is 13.2 Å². The molecule has 2 aromatic rings. The van der Waals surface area contributed by atoms with Crippen LogP contribution in [0.25, 0.3) is 0 Å². The Kier molecular flexibility index (Phi) is 7.24. The molecule has 2 unspecified atom stereocenters. The highest BCUT2D eigenvalue weighted by atomic mass is 32.2. The van der Waals surface area contributed by atoms with Gasteiger partial charge in [0.25, 0.3) is 0 Å². The number of nitrogens with one attached hydrogen (secondary N) is 1. The summed E-state index contributed by atoms with van der Waals surface area (Å²) in [6, 6.07) is 15.4. The molecule has 1 heterocycles. The zero-order valence-corrected chi connectivity index (χ0v) is 16.7. The molecule has 0 bridgehead atoms. The lowest BCUT2D eigenvalue weighted by Crippen LogP contribution is -2.28. The fourth-order valence-electron chi connectivity index (χ4n) is 2.89. The summed E-state index contributed by atoms with van der Waals surface area (Å²) in [6.07, 6.45) is 2.79. The highest BCUT2D eigenvalue weighted by Gasteiger charge is 2.20. The van der Waals surface area contributed by atoms with Gasteiger partial charge in [-0.05, 0) is 43.9 Å². The van der Waals surface area contributed by atoms with E-state index in [1.54, 1.807) is 24.3 Å². The number of benzene rings is 2. The fourth-order valence-corrected chi connectivity index (χ4v) is 4.02. The van der Waals surface area contributed by atoms with Crippen LogP contribution in [0.1, 0.15) is 36.4 Å². The van der Waals surface area contributed by atoms with Crippen molar-refractivity contribution in [1.82, 2.24) is 4.72 Å². The summed E-state index contributed by atoms with van der Waals surface area (Å²) in [4.78, 5) is 0.215. The number of sulfonamides is 1. The Hall–Kier alpha value is -2.17. The Morgan fingerprint density at radius 2 is 1.89 bits per heavy atom. The summed E-state index contributed by atoms with van der Waals surface area (Å²) < 4.78 is 39.4. The molecular weight excluding hydrogens is 374 g/mol. The van der Waals surface area contributed by atoms with E-state index < -0.39 is 16.1 Å². The van der Waals surface area contributed by atoms with Gasteiger partial charge in [-0.1, -0.05) is 59.9 Å². The third kappa shape index (κ3) is 5.91. The molecule has 1 saturated heterocycles. The van der Waals surface area contributed by atoms with Gasteiger partial charge >= 0.3 is 0 Å². The zero-order chi connectivity index (χ0) is 19.8. The van der Waals surface area contributed by atoms with Crippen LogP contribution in [0.15, 0.2) is 59.5 Å². The highest BCUT2D eigenvalue weighted by molar-refractivity contribution is 7.89. The van der Waals surface area contributed by atoms with Crippen molar-refractivity contribution in [3.05, 3.63) is 65.7 Å². The highest BCUT2D eigenvalue weighted by Crippen LogP contribution is 2.18. The maximum absolute atomic E-state index is 12.8. The number of aryl methyl sites for hydroxylation is 1. The molecule has 2 aromatic carbocycles. The van der Waals surface area contributed by atoms with Gasteiger partial charge in [-0.25, -0.2) is 8.42 Å². The first-order valence-corrected chi connectivity index (χ1v) is 10.9. The third-order valence-electron chi connectivity index (χ3n) is 4.46. The number of hydrogen-bond acceptors (Lipinski definition) is 4. The van der Waals surface area contributed by atoms with Crippen molar-refractivity contribution in [3.8, 4) is 11.8 Å². The van der Waals surface area contributed by atoms with Crippen molar-refractivity contribution < 1.29 is 17.9 Å². The Morgan fingerprint density at radius 3 is 2.57 bits per heavy atom. The molecule has 0 amide bonds. The van der Waals surface area contributed by atoms with Crippen molar-refractivity contribution in [1.29, 1.82) is 0 Å². The molecule has 0 aliphatic carbocycles. The molecule has 1 N–H and O–H groups in total. The lowest BCUT2D eigenvalue weighted by atomic mass is 10.1. The largest absolute Gasteiger partial charge is 0.353 e. The Labute approximate surface area is 167 Å². The number of ether oxygens (including phenoxy) is 2. The van der Waals surface area contributed by atoms with E-state index in [-0.39, 0.29) is 17.8 Å². The second-order valence-corrected chi connectivity index (χ2v) is 8.42. The fraction of sp³-hybridized carbons (Fsp3) is 0.364. The minimum absolute atomic E-state index is 0.195. The molecule has 0 aromatic heterocycles. The van der Waals surface area contributed by atoms with E-state index in [1.165, 1.54) is 0 Å². The minimum Gasteiger partial charge on any atom is -0.353 e. The van der Waals surface area contributed by atoms with Crippen molar-refractivity contribution in [2.45, 2.75) is 43.4 Å². The molecule has 0 spiro atoms. The standard InChI is InChI=1S/C22H25NO4S/c1-18-12-14-20(15-13-18)28(24,25)23-21(19-8-3-2-4-9-19)10-7-17-27-22-11-5-6-16-26-22/h2-4,8-9,12-15,21-23H,5-6,11,16-17H2,1H3. The van der Waals surface area contributed by atoms with Gasteiger partial charge in [0, 0.05) is 6.61 Å². The van der Waals surface area contributed by atoms with E-state index >= 15 is 0 Å². The molecule has 3 rings (SSSR count). The average Bonchev–Trinajstić information content (AvgIpc) is 2.72. The lowest BCUT2D eigenvalue weighted by molar-refractivity contribution is -0.154. The van der Waals surface area contributed by atoms with E-state index in [4.69, 9.17) is 9.47 Å². The van der Waals surface area contributed by atoms with E-state index in [0.717, 1.165) is 30.4 Å². The lowest BCUT2D eigenvalue weighted by Gasteiger charge is -2.21. The van der Waals surface area contributed by atoms with Crippen LogP contribution >= 0.6 is 0 Å². The van der Waals surface area contributed by atoms with Crippen LogP contribution in [-0.4, -0.2) is 27.9 Å². The van der Waals surface area contributed by atoms with Gasteiger partial charge in [0.05, 0.1) is 4.90 Å². The molecule has 2 atom stereocenters. The van der Waals surface area contributed by atoms with Crippen molar-refractivity contribution in [3.63, 3.8) is 0 Å². The zero-order valence-electron chi connectivity index (χ0n) is 15.9. The minimum atomic E-state index is -3.70. The average molecular weight is 400 g/mol. The number of hydrogen-bond donors (Lipinski definition) is 1. The second-order valence-electron chi connectivity index (χ2n) is 6.71. The third-order valence-corrected chi connectivity index (χ3v) is 5.90. The molecule has 1 aliphatic rings. The maximum atomic E-state index is 12.8. The van der Waals surface area contributed by atoms with E-state index in [9.17, 15) is 8.42 Å². The Balaban J connectivity index is 1.72. The van der Waals surface area contributed by atoms with Gasteiger partial charge in [0.2, 0.25) is 10.0 Å². The second kappa shape index (κ2) is 9.85. The molecule has 5 nitrogen and oxygen atoms in total. The molecule has 28 heavy (non-hydrogen) atoms. The van der Waals surface area contributed by atoms with Gasteiger partial charge in [-0.3, -0.25) is 0 Å². The molecule has 6 heteroatoms. The van der Waals surface area contributed by atoms with E-state index in [2.05, 4.69) is 16.6 Å². The Morgan fingerprint density at radius 1 is 1.14 bits per heavy atom. The summed E-state index contributed by atoms with van der Waals surface area (Å²) in [5, 5.41) is 0. The monoisotopic (exact) mass is 399 g/mol. The smallest absolute Gasteiger partial charge is 0.241 e. The van der Waals surface area contributed by atoms with Gasteiger partial charge in [-0.15, -0.1) is 0 Å². The first-order chi connectivity index (χ1) is 13.5. The topological polar surface area (TPSA) is 64.6 Å². The van der Waals surface area contributed by atoms with Gasteiger partial charge in [0.15, 0.2) is 6.29 Å². The van der Waals surface area contributed by atoms with E-state index in [1.807, 2.05) is 37.3 Å². The molecule has 148 valence electrons. The van der Waals surface area contributed by atoms with Crippen LogP contribution < -0.4 is 4.72 Å². The number of rotatable bonds is 6. The molecular formula is C22H25NO4S. The predicted octanol–water partition coefficient (Wildman–Crippen LogP) is 3.56. The van der Waals surface area contributed by atoms with Crippen LogP contribution in [0.5, 0.6) is 0 Å². The van der Waals surface area contributed by atoms with Crippen LogP contribution in [0.2, 0.25) is 0 Å². The first kappa shape index (κ1) is 20.6. The quantitative estimate of drug-likeness (QED) is 0.755. The first-order valence-electron chi connectivity index (χ1n) is 9.40. The SMILES string of the molecule is Cc1ccc(S(=O)(=O)NC(C#CCOC2CCCCO2)c2ccccc2)cc1. The summed E-state index contributed by atoms with van der Waals surface area (Å²) in [7, 11) is -3.70. The predicted molar refractivity (Wildman–Crippen MR) is 108 cm³/mol. The summed E-state index contributed by atoms with van der Waals surface area (Å²) in [5.74, 6) is 5.93. The van der Waals surface area contributed by atoms with Crippen molar-refractivity contribution >= 4 is 10.0 Å². The van der Waals surface area contributed by atoms with Crippen LogP contribution in [0.4, 0.5) is 0 Å². The van der Waals surface area contributed by atoms with E-state index in [0.29, 0.717) is 6.61 Å². The summed E-state index contributed by atoms with van der Waals surface area (Å²) in [5.41, 5.74) is 1.78. The van der Waals surface area contributed by atoms with Crippen molar-refractivity contribution in [2.24, 2.45) is 0 Å². The van der Waals surface area contributed by atoms with Gasteiger partial charge in [0.1, 0.15) is 12.6 Å². The summed E-state index contributed by atoms with van der Waals surface area (Å²) in [6.45, 7) is 2.82.